The summed E-state index contributed by atoms with van der Waals surface area (Å²) in [5.41, 5.74) is 3.01. The van der Waals surface area contributed by atoms with Gasteiger partial charge in [-0.15, -0.1) is 0 Å². The van der Waals surface area contributed by atoms with E-state index in [1.54, 1.807) is 24.5 Å². The molecule has 2 aromatic heterocycles. The lowest BCUT2D eigenvalue weighted by molar-refractivity contribution is 0.562. The summed E-state index contributed by atoms with van der Waals surface area (Å²) in [6, 6.07) is 10.4. The van der Waals surface area contributed by atoms with Crippen molar-refractivity contribution in [3.05, 3.63) is 68.7 Å². The van der Waals surface area contributed by atoms with E-state index >= 15 is 0 Å². The fraction of sp³-hybridized carbons (Fsp3) is 0.0556. The van der Waals surface area contributed by atoms with Gasteiger partial charge in [0.05, 0.1) is 21.1 Å². The summed E-state index contributed by atoms with van der Waals surface area (Å²) in [4.78, 5) is 11.8. The van der Waals surface area contributed by atoms with Crippen LogP contribution >= 0.6 is 23.2 Å². The maximum atomic E-state index is 11.8. The first-order valence-electron chi connectivity index (χ1n) is 7.19. The number of furan rings is 1. The number of nitrogens with one attached hydrogen (secondary N) is 1. The number of hydrogen-bond acceptors (Lipinski definition) is 4. The van der Waals surface area contributed by atoms with Crippen LogP contribution in [-0.2, 0) is 0 Å². The molecule has 0 amide bonds. The summed E-state index contributed by atoms with van der Waals surface area (Å²) in [5.74, 6) is 0. The molecular weight excluding hydrogens is 349 g/mol. The highest BCUT2D eigenvalue weighted by atomic mass is 35.5. The van der Waals surface area contributed by atoms with E-state index in [0.717, 1.165) is 16.6 Å². The van der Waals surface area contributed by atoms with Gasteiger partial charge in [-0.3, -0.25) is 0 Å². The van der Waals surface area contributed by atoms with Crippen molar-refractivity contribution in [3.8, 4) is 0 Å². The van der Waals surface area contributed by atoms with Crippen molar-refractivity contribution < 1.29 is 8.83 Å². The first kappa shape index (κ1) is 15.1. The minimum atomic E-state index is -0.394. The van der Waals surface area contributed by atoms with Gasteiger partial charge < -0.3 is 14.2 Å². The largest absolute Gasteiger partial charge is 0.462 e. The van der Waals surface area contributed by atoms with E-state index in [9.17, 15) is 4.79 Å². The molecule has 0 aliphatic rings. The van der Waals surface area contributed by atoms with Crippen molar-refractivity contribution >= 4 is 56.5 Å². The third kappa shape index (κ3) is 2.44. The SMILES string of the molecule is Cc1cc(=O)oc2c1ccc1occ(Nc3ccc(Cl)c(Cl)c3)c12. The van der Waals surface area contributed by atoms with Crippen molar-refractivity contribution in [2.45, 2.75) is 6.92 Å². The second kappa shape index (κ2) is 5.58. The summed E-state index contributed by atoms with van der Waals surface area (Å²) in [6.45, 7) is 1.87. The zero-order valence-electron chi connectivity index (χ0n) is 12.5. The van der Waals surface area contributed by atoms with Crippen LogP contribution in [0, 0.1) is 6.92 Å². The van der Waals surface area contributed by atoms with Crippen LogP contribution in [0.4, 0.5) is 11.4 Å². The third-order valence-electron chi connectivity index (χ3n) is 3.85. The van der Waals surface area contributed by atoms with Crippen molar-refractivity contribution in [2.24, 2.45) is 0 Å². The Labute approximate surface area is 146 Å². The van der Waals surface area contributed by atoms with Crippen LogP contribution in [0.1, 0.15) is 5.56 Å². The second-order valence-corrected chi connectivity index (χ2v) is 6.28. The van der Waals surface area contributed by atoms with E-state index in [1.807, 2.05) is 19.1 Å². The predicted molar refractivity (Wildman–Crippen MR) is 96.7 cm³/mol. The first-order valence-corrected chi connectivity index (χ1v) is 7.95. The van der Waals surface area contributed by atoms with Crippen molar-refractivity contribution in [3.63, 3.8) is 0 Å². The van der Waals surface area contributed by atoms with Gasteiger partial charge in [-0.25, -0.2) is 4.79 Å². The van der Waals surface area contributed by atoms with Gasteiger partial charge >= 0.3 is 5.63 Å². The lowest BCUT2D eigenvalue weighted by atomic mass is 10.1. The average Bonchev–Trinajstić information content (AvgIpc) is 2.94. The average molecular weight is 360 g/mol. The minimum Gasteiger partial charge on any atom is -0.462 e. The molecule has 1 N–H and O–H groups in total. The second-order valence-electron chi connectivity index (χ2n) is 5.47. The molecule has 0 spiro atoms. The van der Waals surface area contributed by atoms with E-state index in [1.165, 1.54) is 6.07 Å². The van der Waals surface area contributed by atoms with E-state index < -0.39 is 5.63 Å². The van der Waals surface area contributed by atoms with Crippen LogP contribution in [0.15, 0.2) is 56.3 Å². The molecule has 0 aliphatic carbocycles. The molecule has 0 unspecified atom stereocenters. The van der Waals surface area contributed by atoms with Crippen molar-refractivity contribution in [1.29, 1.82) is 0 Å². The van der Waals surface area contributed by atoms with E-state index in [-0.39, 0.29) is 0 Å². The summed E-state index contributed by atoms with van der Waals surface area (Å²) < 4.78 is 11.0. The number of halogens is 2. The molecule has 0 saturated carbocycles. The van der Waals surface area contributed by atoms with Gasteiger partial charge in [0.15, 0.2) is 5.58 Å². The Hall–Kier alpha value is -2.43. The molecule has 4 nitrogen and oxygen atoms in total. The Kier molecular flexibility index (Phi) is 3.52. The van der Waals surface area contributed by atoms with Crippen LogP contribution in [0.5, 0.6) is 0 Å². The molecule has 4 aromatic rings. The van der Waals surface area contributed by atoms with E-state index in [2.05, 4.69) is 5.32 Å². The van der Waals surface area contributed by atoms with Gasteiger partial charge in [-0.05, 0) is 42.8 Å². The molecule has 0 atom stereocenters. The molecule has 0 bridgehead atoms. The number of aryl methyl sites for hydroxylation is 1. The lowest BCUT2D eigenvalue weighted by Crippen LogP contribution is -1.98. The number of fused-ring (bicyclic) bond motifs is 3. The summed E-state index contributed by atoms with van der Waals surface area (Å²) >= 11 is 12.0. The molecule has 0 saturated heterocycles. The number of benzene rings is 2. The highest BCUT2D eigenvalue weighted by molar-refractivity contribution is 6.42. The van der Waals surface area contributed by atoms with Gasteiger partial charge in [0.25, 0.3) is 0 Å². The van der Waals surface area contributed by atoms with Gasteiger partial charge in [0.2, 0.25) is 0 Å². The normalized spacial score (nSPS) is 11.3. The monoisotopic (exact) mass is 359 g/mol. The minimum absolute atomic E-state index is 0.394. The quantitative estimate of drug-likeness (QED) is 0.452. The van der Waals surface area contributed by atoms with Crippen LogP contribution in [0.25, 0.3) is 21.9 Å². The van der Waals surface area contributed by atoms with Crippen LogP contribution < -0.4 is 10.9 Å². The summed E-state index contributed by atoms with van der Waals surface area (Å²) in [7, 11) is 0. The summed E-state index contributed by atoms with van der Waals surface area (Å²) in [6.07, 6.45) is 1.58. The number of anilines is 2. The highest BCUT2D eigenvalue weighted by Gasteiger charge is 2.14. The molecule has 2 heterocycles. The van der Waals surface area contributed by atoms with Crippen LogP contribution in [0.3, 0.4) is 0 Å². The molecule has 120 valence electrons. The Balaban J connectivity index is 1.94. The topological polar surface area (TPSA) is 55.4 Å². The standard InChI is InChI=1S/C18H11Cl2NO3/c1-9-6-16(22)24-18-11(9)3-5-15-17(18)14(8-23-15)21-10-2-4-12(19)13(20)7-10/h2-8,21H,1H3. The summed E-state index contributed by atoms with van der Waals surface area (Å²) in [5, 5.41) is 5.72. The van der Waals surface area contributed by atoms with Gasteiger partial charge in [0, 0.05) is 17.1 Å². The first-order chi connectivity index (χ1) is 11.5. The fourth-order valence-electron chi connectivity index (χ4n) is 2.72. The zero-order valence-corrected chi connectivity index (χ0v) is 14.0. The molecular formula is C18H11Cl2NO3. The van der Waals surface area contributed by atoms with Gasteiger partial charge in [-0.1, -0.05) is 23.2 Å². The smallest absolute Gasteiger partial charge is 0.336 e. The maximum absolute atomic E-state index is 11.8. The maximum Gasteiger partial charge on any atom is 0.336 e. The molecule has 0 aliphatic heterocycles. The predicted octanol–water partition coefficient (Wildman–Crippen LogP) is 5.90. The van der Waals surface area contributed by atoms with Gasteiger partial charge in [-0.2, -0.15) is 0 Å². The Bertz CT molecular complexity index is 1140. The Morgan fingerprint density at radius 1 is 1.04 bits per heavy atom. The van der Waals surface area contributed by atoms with Gasteiger partial charge in [0.1, 0.15) is 11.8 Å². The molecule has 6 heteroatoms. The highest BCUT2D eigenvalue weighted by Crippen LogP contribution is 2.36. The Morgan fingerprint density at radius 2 is 1.88 bits per heavy atom. The van der Waals surface area contributed by atoms with Crippen LogP contribution in [-0.4, -0.2) is 0 Å². The Morgan fingerprint density at radius 3 is 2.67 bits per heavy atom. The zero-order chi connectivity index (χ0) is 16.8. The van der Waals surface area contributed by atoms with Crippen molar-refractivity contribution in [2.75, 3.05) is 5.32 Å². The van der Waals surface area contributed by atoms with Crippen LogP contribution in [0.2, 0.25) is 10.0 Å². The molecule has 0 fully saturated rings. The number of rotatable bonds is 2. The van der Waals surface area contributed by atoms with E-state index in [4.69, 9.17) is 32.0 Å². The third-order valence-corrected chi connectivity index (χ3v) is 4.59. The lowest BCUT2D eigenvalue weighted by Gasteiger charge is -2.07. The van der Waals surface area contributed by atoms with E-state index in [0.29, 0.717) is 32.3 Å². The number of hydrogen-bond donors (Lipinski definition) is 1. The molecule has 24 heavy (non-hydrogen) atoms. The van der Waals surface area contributed by atoms with Crippen molar-refractivity contribution in [1.82, 2.24) is 0 Å². The molecule has 2 aromatic carbocycles. The fourth-order valence-corrected chi connectivity index (χ4v) is 3.02. The molecule has 4 rings (SSSR count). The molecule has 0 radical (unpaired) electrons.